The van der Waals surface area contributed by atoms with E-state index in [4.69, 9.17) is 0 Å². The van der Waals surface area contributed by atoms with Crippen LogP contribution in [0.15, 0.2) is 28.6 Å². The molecule has 1 saturated heterocycles. The first-order valence-corrected chi connectivity index (χ1v) is 10.5. The summed E-state index contributed by atoms with van der Waals surface area (Å²) in [6.45, 7) is 5.87. The zero-order valence-corrected chi connectivity index (χ0v) is 16.5. The van der Waals surface area contributed by atoms with E-state index in [0.29, 0.717) is 23.7 Å². The van der Waals surface area contributed by atoms with E-state index < -0.39 is 0 Å². The molecule has 1 aliphatic rings. The largest absolute Gasteiger partial charge is 0.360 e. The molecule has 2 aromatic rings. The van der Waals surface area contributed by atoms with Gasteiger partial charge < -0.3 is 10.2 Å². The monoisotopic (exact) mass is 390 g/mol. The molecule has 2 heterocycles. The molecule has 1 aliphatic heterocycles. The summed E-state index contributed by atoms with van der Waals surface area (Å²) in [5.74, 6) is 1.05. The fourth-order valence-corrected chi connectivity index (χ4v) is 4.24. The summed E-state index contributed by atoms with van der Waals surface area (Å²) in [4.78, 5) is 25.9. The van der Waals surface area contributed by atoms with Crippen molar-refractivity contribution in [2.75, 3.05) is 29.1 Å². The quantitative estimate of drug-likeness (QED) is 0.547. The second-order valence-corrected chi connectivity index (χ2v) is 8.76. The van der Waals surface area contributed by atoms with Gasteiger partial charge in [-0.2, -0.15) is 0 Å². The Morgan fingerprint density at radius 2 is 2.08 bits per heavy atom. The van der Waals surface area contributed by atoms with Crippen molar-refractivity contribution >= 4 is 45.6 Å². The van der Waals surface area contributed by atoms with Crippen LogP contribution in [0, 0.1) is 5.92 Å². The standard InChI is InChI=1S/C18H22N4O2S2/c1-12(2)10-19-17-20-21-18(26-17)25-11-15(23)13-5-7-14(8-6-13)22-9-3-4-16(22)24/h5-8,12H,3-4,9-11H2,1-2H3,(H,19,20). The average Bonchev–Trinajstić information content (AvgIpc) is 3.27. The number of carbonyl (C=O) groups is 2. The molecule has 1 aromatic carbocycles. The summed E-state index contributed by atoms with van der Waals surface area (Å²) in [6.07, 6.45) is 1.50. The Morgan fingerprint density at radius 1 is 1.31 bits per heavy atom. The zero-order chi connectivity index (χ0) is 18.5. The molecule has 0 unspecified atom stereocenters. The minimum atomic E-state index is 0.0428. The van der Waals surface area contributed by atoms with Crippen LogP contribution in [0.5, 0.6) is 0 Å². The number of rotatable bonds is 8. The number of thioether (sulfide) groups is 1. The number of nitrogens with zero attached hydrogens (tertiary/aromatic N) is 3. The van der Waals surface area contributed by atoms with Crippen molar-refractivity contribution < 1.29 is 9.59 Å². The van der Waals surface area contributed by atoms with Crippen LogP contribution in [0.2, 0.25) is 0 Å². The fraction of sp³-hybridized carbons (Fsp3) is 0.444. The number of amides is 1. The second-order valence-electron chi connectivity index (χ2n) is 6.56. The van der Waals surface area contributed by atoms with Gasteiger partial charge in [-0.1, -0.05) is 36.9 Å². The lowest BCUT2D eigenvalue weighted by atomic mass is 10.1. The van der Waals surface area contributed by atoms with Gasteiger partial charge in [0.25, 0.3) is 0 Å². The van der Waals surface area contributed by atoms with Gasteiger partial charge in [-0.05, 0) is 36.6 Å². The van der Waals surface area contributed by atoms with Gasteiger partial charge in [0, 0.05) is 30.8 Å². The Kier molecular flexibility index (Phi) is 6.26. The van der Waals surface area contributed by atoms with E-state index in [1.165, 1.54) is 23.1 Å². The molecule has 0 aliphatic carbocycles. The van der Waals surface area contributed by atoms with E-state index >= 15 is 0 Å². The Bertz CT molecular complexity index is 774. The topological polar surface area (TPSA) is 75.2 Å². The predicted octanol–water partition coefficient (Wildman–Crippen LogP) is 3.71. The summed E-state index contributed by atoms with van der Waals surface area (Å²) >= 11 is 2.86. The van der Waals surface area contributed by atoms with Gasteiger partial charge in [-0.25, -0.2) is 0 Å². The molecule has 26 heavy (non-hydrogen) atoms. The van der Waals surface area contributed by atoms with E-state index in [-0.39, 0.29) is 11.7 Å². The highest BCUT2D eigenvalue weighted by molar-refractivity contribution is 8.01. The lowest BCUT2D eigenvalue weighted by molar-refractivity contribution is -0.117. The lowest BCUT2D eigenvalue weighted by Crippen LogP contribution is -2.23. The minimum absolute atomic E-state index is 0.0428. The van der Waals surface area contributed by atoms with Crippen molar-refractivity contribution in [1.82, 2.24) is 10.2 Å². The van der Waals surface area contributed by atoms with Gasteiger partial charge in [-0.15, -0.1) is 10.2 Å². The molecule has 1 fully saturated rings. The van der Waals surface area contributed by atoms with Gasteiger partial charge in [-0.3, -0.25) is 9.59 Å². The Hall–Kier alpha value is -1.93. The molecule has 6 nitrogen and oxygen atoms in total. The number of hydrogen-bond acceptors (Lipinski definition) is 7. The number of hydrogen-bond donors (Lipinski definition) is 1. The number of nitrogens with one attached hydrogen (secondary N) is 1. The first-order chi connectivity index (χ1) is 12.5. The van der Waals surface area contributed by atoms with E-state index in [1.54, 1.807) is 17.0 Å². The maximum absolute atomic E-state index is 12.4. The third kappa shape index (κ3) is 4.82. The van der Waals surface area contributed by atoms with Crippen molar-refractivity contribution in [3.63, 3.8) is 0 Å². The van der Waals surface area contributed by atoms with Gasteiger partial charge in [0.2, 0.25) is 11.0 Å². The molecular formula is C18H22N4O2S2. The fourth-order valence-electron chi connectivity index (χ4n) is 2.59. The maximum atomic E-state index is 12.4. The molecule has 0 spiro atoms. The molecule has 8 heteroatoms. The summed E-state index contributed by atoms with van der Waals surface area (Å²) in [5, 5.41) is 12.2. The van der Waals surface area contributed by atoms with Crippen molar-refractivity contribution in [3.8, 4) is 0 Å². The highest BCUT2D eigenvalue weighted by Crippen LogP contribution is 2.27. The molecule has 0 radical (unpaired) electrons. The number of anilines is 2. The number of benzene rings is 1. The number of Topliss-reactive ketones (excluding diaryl/α,β-unsaturated/α-hetero) is 1. The van der Waals surface area contributed by atoms with Crippen molar-refractivity contribution in [2.45, 2.75) is 31.0 Å². The summed E-state index contributed by atoms with van der Waals surface area (Å²) in [5.41, 5.74) is 1.51. The summed E-state index contributed by atoms with van der Waals surface area (Å²) in [7, 11) is 0. The van der Waals surface area contributed by atoms with E-state index in [2.05, 4.69) is 29.4 Å². The van der Waals surface area contributed by atoms with Crippen LogP contribution in [-0.4, -0.2) is 40.7 Å². The highest BCUT2D eigenvalue weighted by atomic mass is 32.2. The van der Waals surface area contributed by atoms with Crippen molar-refractivity contribution in [2.24, 2.45) is 5.92 Å². The van der Waals surface area contributed by atoms with Crippen LogP contribution in [0.4, 0.5) is 10.8 Å². The Morgan fingerprint density at radius 3 is 2.73 bits per heavy atom. The third-order valence-electron chi connectivity index (χ3n) is 3.97. The van der Waals surface area contributed by atoms with Crippen LogP contribution in [0.1, 0.15) is 37.0 Å². The normalized spacial score (nSPS) is 14.3. The molecule has 138 valence electrons. The SMILES string of the molecule is CC(C)CNc1nnc(SCC(=O)c2ccc(N3CCCC3=O)cc2)s1. The number of ketones is 1. The molecule has 0 atom stereocenters. The minimum Gasteiger partial charge on any atom is -0.360 e. The van der Waals surface area contributed by atoms with Crippen molar-refractivity contribution in [1.29, 1.82) is 0 Å². The van der Waals surface area contributed by atoms with E-state index in [0.717, 1.165) is 34.7 Å². The molecule has 0 bridgehead atoms. The van der Waals surface area contributed by atoms with Gasteiger partial charge in [0.1, 0.15) is 0 Å². The first kappa shape index (κ1) is 18.8. The molecule has 3 rings (SSSR count). The molecule has 0 saturated carbocycles. The molecule has 1 N–H and O–H groups in total. The molecule has 1 aromatic heterocycles. The molecule has 1 amide bonds. The Labute approximate surface area is 161 Å². The van der Waals surface area contributed by atoms with Crippen molar-refractivity contribution in [3.05, 3.63) is 29.8 Å². The number of carbonyl (C=O) groups excluding carboxylic acids is 2. The summed E-state index contributed by atoms with van der Waals surface area (Å²) in [6, 6.07) is 7.28. The zero-order valence-electron chi connectivity index (χ0n) is 14.9. The Balaban J connectivity index is 1.52. The summed E-state index contributed by atoms with van der Waals surface area (Å²) < 4.78 is 0.781. The van der Waals surface area contributed by atoms with Crippen LogP contribution in [0.25, 0.3) is 0 Å². The van der Waals surface area contributed by atoms with Crippen LogP contribution in [-0.2, 0) is 4.79 Å². The lowest BCUT2D eigenvalue weighted by Gasteiger charge is -2.15. The third-order valence-corrected chi connectivity index (χ3v) is 5.98. The smallest absolute Gasteiger partial charge is 0.227 e. The van der Waals surface area contributed by atoms with E-state index in [1.807, 2.05) is 12.1 Å². The van der Waals surface area contributed by atoms with E-state index in [9.17, 15) is 9.59 Å². The average molecular weight is 391 g/mol. The molecular weight excluding hydrogens is 368 g/mol. The second kappa shape index (κ2) is 8.64. The first-order valence-electron chi connectivity index (χ1n) is 8.66. The number of aromatic nitrogens is 2. The van der Waals surface area contributed by atoms with Crippen LogP contribution >= 0.6 is 23.1 Å². The van der Waals surface area contributed by atoms with Gasteiger partial charge in [0.05, 0.1) is 5.75 Å². The maximum Gasteiger partial charge on any atom is 0.227 e. The highest BCUT2D eigenvalue weighted by Gasteiger charge is 2.21. The van der Waals surface area contributed by atoms with Gasteiger partial charge in [0.15, 0.2) is 10.1 Å². The van der Waals surface area contributed by atoms with Crippen LogP contribution in [0.3, 0.4) is 0 Å². The van der Waals surface area contributed by atoms with Gasteiger partial charge >= 0.3 is 0 Å². The van der Waals surface area contributed by atoms with Crippen LogP contribution < -0.4 is 10.2 Å². The predicted molar refractivity (Wildman–Crippen MR) is 106 cm³/mol.